The molecule has 0 fully saturated rings. The Morgan fingerprint density at radius 2 is 2.00 bits per heavy atom. The number of hydrogen-bond acceptors (Lipinski definition) is 2. The highest BCUT2D eigenvalue weighted by atomic mass is 19.1. The smallest absolute Gasteiger partial charge is 0.334 e. The fourth-order valence-electron chi connectivity index (χ4n) is 1.77. The van der Waals surface area contributed by atoms with Gasteiger partial charge in [-0.2, -0.15) is 0 Å². The van der Waals surface area contributed by atoms with Gasteiger partial charge < -0.3 is 10.4 Å². The first-order chi connectivity index (χ1) is 7.94. The van der Waals surface area contributed by atoms with Crippen LogP contribution < -0.4 is 5.32 Å². The largest absolute Gasteiger partial charge is 0.479 e. The number of halogens is 1. The van der Waals surface area contributed by atoms with Crippen LogP contribution in [-0.2, 0) is 15.1 Å². The highest BCUT2D eigenvalue weighted by molar-refractivity contribution is 5.87. The van der Waals surface area contributed by atoms with Crippen LogP contribution >= 0.6 is 0 Å². The van der Waals surface area contributed by atoms with Crippen molar-refractivity contribution >= 4 is 11.9 Å². The predicted molar refractivity (Wildman–Crippen MR) is 59.8 cm³/mol. The SMILES string of the molecule is CCC(NC(C)=O)(C(=O)O)c1ccccc1F. The standard InChI is InChI=1S/C12H14FNO3/c1-3-12(11(16)17,14-8(2)15)9-6-4-5-7-10(9)13/h4-7H,3H2,1-2H3,(H,14,15)(H,16,17). The minimum atomic E-state index is -1.71. The van der Waals surface area contributed by atoms with E-state index >= 15 is 0 Å². The highest BCUT2D eigenvalue weighted by Gasteiger charge is 2.41. The topological polar surface area (TPSA) is 66.4 Å². The second-order valence-corrected chi connectivity index (χ2v) is 3.73. The van der Waals surface area contributed by atoms with Crippen LogP contribution in [0, 0.1) is 5.82 Å². The van der Waals surface area contributed by atoms with E-state index < -0.39 is 23.2 Å². The lowest BCUT2D eigenvalue weighted by Gasteiger charge is -2.29. The first-order valence-corrected chi connectivity index (χ1v) is 5.21. The van der Waals surface area contributed by atoms with E-state index in [4.69, 9.17) is 0 Å². The molecule has 0 aliphatic rings. The zero-order chi connectivity index (χ0) is 13.1. The lowest BCUT2D eigenvalue weighted by atomic mass is 9.86. The van der Waals surface area contributed by atoms with Crippen molar-refractivity contribution in [2.45, 2.75) is 25.8 Å². The molecule has 0 aromatic heterocycles. The molecule has 0 saturated carbocycles. The first-order valence-electron chi connectivity index (χ1n) is 5.21. The number of carboxylic acid groups (broad SMARTS) is 1. The van der Waals surface area contributed by atoms with Gasteiger partial charge in [-0.25, -0.2) is 9.18 Å². The number of amides is 1. The predicted octanol–water partition coefficient (Wildman–Crippen LogP) is 1.65. The molecule has 0 radical (unpaired) electrons. The van der Waals surface area contributed by atoms with Gasteiger partial charge in [0.05, 0.1) is 0 Å². The molecule has 1 aromatic carbocycles. The second kappa shape index (κ2) is 4.95. The van der Waals surface area contributed by atoms with Crippen molar-refractivity contribution in [3.8, 4) is 0 Å². The number of carboxylic acids is 1. The average Bonchev–Trinajstić information content (AvgIpc) is 2.26. The average molecular weight is 239 g/mol. The van der Waals surface area contributed by atoms with Gasteiger partial charge in [-0.3, -0.25) is 4.79 Å². The molecule has 1 unspecified atom stereocenters. The van der Waals surface area contributed by atoms with Gasteiger partial charge in [0.15, 0.2) is 5.54 Å². The number of carbonyl (C=O) groups is 2. The Labute approximate surface area is 98.5 Å². The molecule has 1 rings (SSSR count). The molecular weight excluding hydrogens is 225 g/mol. The molecule has 0 aliphatic carbocycles. The van der Waals surface area contributed by atoms with Crippen LogP contribution in [0.15, 0.2) is 24.3 Å². The maximum atomic E-state index is 13.7. The van der Waals surface area contributed by atoms with Gasteiger partial charge in [-0.1, -0.05) is 25.1 Å². The zero-order valence-electron chi connectivity index (χ0n) is 9.66. The van der Waals surface area contributed by atoms with Gasteiger partial charge in [-0.05, 0) is 12.5 Å². The van der Waals surface area contributed by atoms with Crippen molar-refractivity contribution in [1.82, 2.24) is 5.32 Å². The van der Waals surface area contributed by atoms with Gasteiger partial charge in [0.2, 0.25) is 5.91 Å². The summed E-state index contributed by atoms with van der Waals surface area (Å²) in [4.78, 5) is 22.5. The van der Waals surface area contributed by atoms with Gasteiger partial charge in [-0.15, -0.1) is 0 Å². The molecule has 1 amide bonds. The van der Waals surface area contributed by atoms with Crippen LogP contribution in [0.25, 0.3) is 0 Å². The van der Waals surface area contributed by atoms with Crippen LogP contribution in [0.2, 0.25) is 0 Å². The molecule has 5 heteroatoms. The van der Waals surface area contributed by atoms with Crippen LogP contribution in [0.1, 0.15) is 25.8 Å². The summed E-state index contributed by atoms with van der Waals surface area (Å²) >= 11 is 0. The van der Waals surface area contributed by atoms with E-state index in [2.05, 4.69) is 5.32 Å². The summed E-state index contributed by atoms with van der Waals surface area (Å²) in [5.41, 5.74) is -1.75. The molecule has 0 aliphatic heterocycles. The maximum absolute atomic E-state index is 13.7. The Balaban J connectivity index is 3.37. The summed E-state index contributed by atoms with van der Waals surface area (Å²) in [6.07, 6.45) is 0.0584. The molecule has 1 atom stereocenters. The number of benzene rings is 1. The summed E-state index contributed by atoms with van der Waals surface area (Å²) in [7, 11) is 0. The number of nitrogens with one attached hydrogen (secondary N) is 1. The van der Waals surface area contributed by atoms with Crippen molar-refractivity contribution < 1.29 is 19.1 Å². The zero-order valence-corrected chi connectivity index (χ0v) is 9.66. The Hall–Kier alpha value is -1.91. The Morgan fingerprint density at radius 1 is 1.41 bits per heavy atom. The summed E-state index contributed by atoms with van der Waals surface area (Å²) in [6, 6.07) is 5.54. The molecule has 17 heavy (non-hydrogen) atoms. The lowest BCUT2D eigenvalue weighted by Crippen LogP contribution is -2.51. The third kappa shape index (κ3) is 2.43. The Kier molecular flexibility index (Phi) is 3.83. The molecule has 0 bridgehead atoms. The third-order valence-electron chi connectivity index (χ3n) is 2.62. The summed E-state index contributed by atoms with van der Waals surface area (Å²) in [6.45, 7) is 2.78. The molecule has 4 nitrogen and oxygen atoms in total. The summed E-state index contributed by atoms with van der Waals surface area (Å²) in [5.74, 6) is -2.44. The van der Waals surface area contributed by atoms with E-state index in [0.29, 0.717) is 0 Å². The number of carbonyl (C=O) groups excluding carboxylic acids is 1. The van der Waals surface area contributed by atoms with Crippen LogP contribution in [0.3, 0.4) is 0 Å². The fraction of sp³-hybridized carbons (Fsp3) is 0.333. The van der Waals surface area contributed by atoms with Gasteiger partial charge in [0.25, 0.3) is 0 Å². The van der Waals surface area contributed by atoms with E-state index in [-0.39, 0.29) is 12.0 Å². The normalized spacial score (nSPS) is 13.8. The van der Waals surface area contributed by atoms with E-state index in [1.54, 1.807) is 6.92 Å². The van der Waals surface area contributed by atoms with E-state index in [1.165, 1.54) is 31.2 Å². The van der Waals surface area contributed by atoms with Gasteiger partial charge >= 0.3 is 5.97 Å². The van der Waals surface area contributed by atoms with Crippen molar-refractivity contribution in [2.24, 2.45) is 0 Å². The minimum absolute atomic E-state index is 0.0369. The quantitative estimate of drug-likeness (QED) is 0.839. The fourth-order valence-corrected chi connectivity index (χ4v) is 1.77. The monoisotopic (exact) mass is 239 g/mol. The second-order valence-electron chi connectivity index (χ2n) is 3.73. The highest BCUT2D eigenvalue weighted by Crippen LogP contribution is 2.27. The maximum Gasteiger partial charge on any atom is 0.334 e. The summed E-state index contributed by atoms with van der Waals surface area (Å²) < 4.78 is 13.7. The molecule has 1 aromatic rings. The minimum Gasteiger partial charge on any atom is -0.479 e. The molecule has 92 valence electrons. The molecule has 0 saturated heterocycles. The molecular formula is C12H14FNO3. The van der Waals surface area contributed by atoms with Gasteiger partial charge in [0.1, 0.15) is 5.82 Å². The van der Waals surface area contributed by atoms with Gasteiger partial charge in [0, 0.05) is 12.5 Å². The number of rotatable bonds is 4. The van der Waals surface area contributed by atoms with Crippen molar-refractivity contribution in [3.63, 3.8) is 0 Å². The Morgan fingerprint density at radius 3 is 2.41 bits per heavy atom. The van der Waals surface area contributed by atoms with Crippen molar-refractivity contribution in [2.75, 3.05) is 0 Å². The Bertz CT molecular complexity index is 447. The van der Waals surface area contributed by atoms with Crippen LogP contribution in [0.4, 0.5) is 4.39 Å². The van der Waals surface area contributed by atoms with E-state index in [1.807, 2.05) is 0 Å². The lowest BCUT2D eigenvalue weighted by molar-refractivity contribution is -0.148. The van der Waals surface area contributed by atoms with E-state index in [0.717, 1.165) is 0 Å². The number of hydrogen-bond donors (Lipinski definition) is 2. The van der Waals surface area contributed by atoms with E-state index in [9.17, 15) is 19.1 Å². The third-order valence-corrected chi connectivity index (χ3v) is 2.62. The van der Waals surface area contributed by atoms with Crippen molar-refractivity contribution in [3.05, 3.63) is 35.6 Å². The molecule has 0 spiro atoms. The summed E-state index contributed by atoms with van der Waals surface area (Å²) in [5, 5.41) is 11.6. The molecule has 2 N–H and O–H groups in total. The first kappa shape index (κ1) is 13.2. The van der Waals surface area contributed by atoms with Crippen molar-refractivity contribution in [1.29, 1.82) is 0 Å². The van der Waals surface area contributed by atoms with Crippen LogP contribution in [0.5, 0.6) is 0 Å². The number of aliphatic carboxylic acids is 1. The molecule has 0 heterocycles. The van der Waals surface area contributed by atoms with Crippen LogP contribution in [-0.4, -0.2) is 17.0 Å².